The lowest BCUT2D eigenvalue weighted by atomic mass is 9.94. The van der Waals surface area contributed by atoms with E-state index in [4.69, 9.17) is 5.73 Å². The maximum Gasteiger partial charge on any atom is 0.271 e. The summed E-state index contributed by atoms with van der Waals surface area (Å²) in [5.41, 5.74) is 7.00. The minimum atomic E-state index is -0.625. The van der Waals surface area contributed by atoms with E-state index in [1.54, 1.807) is 25.2 Å². The van der Waals surface area contributed by atoms with Crippen molar-refractivity contribution in [3.05, 3.63) is 41.7 Å². The van der Waals surface area contributed by atoms with Gasteiger partial charge < -0.3 is 20.9 Å². The fourth-order valence-corrected chi connectivity index (χ4v) is 4.11. The largest absolute Gasteiger partial charge is 0.364 e. The molecule has 0 unspecified atom stereocenters. The van der Waals surface area contributed by atoms with Gasteiger partial charge in [0.2, 0.25) is 5.91 Å². The summed E-state index contributed by atoms with van der Waals surface area (Å²) >= 11 is 0. The minimum absolute atomic E-state index is 0.112. The number of amides is 2. The number of aromatic nitrogens is 2. The van der Waals surface area contributed by atoms with Gasteiger partial charge in [0.05, 0.1) is 11.6 Å². The van der Waals surface area contributed by atoms with Gasteiger partial charge in [-0.25, -0.2) is 9.97 Å². The third-order valence-corrected chi connectivity index (χ3v) is 5.94. The molecular weight excluding hydrogens is 380 g/mol. The Morgan fingerprint density at radius 2 is 1.77 bits per heavy atom. The molecule has 30 heavy (non-hydrogen) atoms. The number of rotatable bonds is 6. The van der Waals surface area contributed by atoms with Crippen LogP contribution in [-0.2, 0) is 10.2 Å². The molecule has 1 aromatic carbocycles. The summed E-state index contributed by atoms with van der Waals surface area (Å²) in [7, 11) is 3.58. The average Bonchev–Trinajstić information content (AvgIpc) is 3.56. The van der Waals surface area contributed by atoms with Crippen LogP contribution < -0.4 is 16.0 Å². The van der Waals surface area contributed by atoms with Crippen LogP contribution >= 0.6 is 0 Å². The van der Waals surface area contributed by atoms with Crippen LogP contribution in [0.25, 0.3) is 0 Å². The van der Waals surface area contributed by atoms with Crippen LogP contribution in [0.2, 0.25) is 0 Å². The second kappa shape index (κ2) is 7.93. The smallest absolute Gasteiger partial charge is 0.271 e. The summed E-state index contributed by atoms with van der Waals surface area (Å²) in [6, 6.07) is 7.72. The maximum absolute atomic E-state index is 12.5. The molecule has 0 atom stereocenters. The van der Waals surface area contributed by atoms with Crippen LogP contribution in [0.5, 0.6) is 0 Å². The fourth-order valence-electron chi connectivity index (χ4n) is 4.11. The Morgan fingerprint density at radius 1 is 1.10 bits per heavy atom. The first-order valence-corrected chi connectivity index (χ1v) is 10.4. The van der Waals surface area contributed by atoms with Gasteiger partial charge in [-0.15, -0.1) is 0 Å². The number of benzene rings is 1. The van der Waals surface area contributed by atoms with Crippen molar-refractivity contribution in [2.24, 2.45) is 5.73 Å². The molecule has 1 saturated carbocycles. The van der Waals surface area contributed by atoms with Crippen molar-refractivity contribution in [2.75, 3.05) is 37.4 Å². The van der Waals surface area contributed by atoms with Crippen LogP contribution in [0.3, 0.4) is 0 Å². The Kier molecular flexibility index (Phi) is 5.32. The zero-order chi connectivity index (χ0) is 21.3. The topological polar surface area (TPSA) is 104 Å². The number of hydrogen-bond donors (Lipinski definition) is 2. The van der Waals surface area contributed by atoms with Crippen molar-refractivity contribution in [1.82, 2.24) is 14.9 Å². The van der Waals surface area contributed by atoms with Crippen LogP contribution in [0.1, 0.15) is 48.2 Å². The summed E-state index contributed by atoms with van der Waals surface area (Å²) in [5, 5.41) is 3.19. The summed E-state index contributed by atoms with van der Waals surface area (Å²) in [6.45, 7) is 1.86. The van der Waals surface area contributed by atoms with Crippen LogP contribution in [0, 0.1) is 0 Å². The second-order valence-corrected chi connectivity index (χ2v) is 8.32. The van der Waals surface area contributed by atoms with Crippen molar-refractivity contribution in [1.29, 1.82) is 0 Å². The summed E-state index contributed by atoms with van der Waals surface area (Å²) in [5.74, 6) is 0.607. The first-order chi connectivity index (χ1) is 14.4. The predicted octanol–water partition coefficient (Wildman–Crippen LogP) is 2.43. The summed E-state index contributed by atoms with van der Waals surface area (Å²) in [4.78, 5) is 37.1. The number of nitrogens with one attached hydrogen (secondary N) is 1. The van der Waals surface area contributed by atoms with Crippen LogP contribution in [0.15, 0.2) is 30.5 Å². The zero-order valence-electron chi connectivity index (χ0n) is 17.5. The van der Waals surface area contributed by atoms with Crippen molar-refractivity contribution in [3.63, 3.8) is 0 Å². The first kappa shape index (κ1) is 20.1. The molecule has 4 rings (SSSR count). The Balaban J connectivity index is 1.57. The summed E-state index contributed by atoms with van der Waals surface area (Å²) in [6.07, 6.45) is 6.81. The Morgan fingerprint density at radius 3 is 2.33 bits per heavy atom. The molecule has 158 valence electrons. The lowest BCUT2D eigenvalue weighted by molar-refractivity contribution is -0.131. The predicted molar refractivity (Wildman–Crippen MR) is 116 cm³/mol. The number of anilines is 3. The standard InChI is InChI=1S/C22H28N6O2/c1-27(2)21(30)22(10-11-22)15-6-8-16(9-7-15)25-20-18(19(23)29)24-14-17(26-20)28-12-4-3-5-13-28/h6-9,14H,3-5,10-13H2,1-2H3,(H2,23,29)(H,25,26). The molecule has 2 fully saturated rings. The highest BCUT2D eigenvalue weighted by atomic mass is 16.2. The summed E-state index contributed by atoms with van der Waals surface area (Å²) < 4.78 is 0. The minimum Gasteiger partial charge on any atom is -0.364 e. The lowest BCUT2D eigenvalue weighted by Crippen LogP contribution is -2.33. The molecule has 0 spiro atoms. The molecule has 2 aliphatic rings. The van der Waals surface area contributed by atoms with Gasteiger partial charge in [-0.2, -0.15) is 0 Å². The van der Waals surface area contributed by atoms with Gasteiger partial charge in [-0.3, -0.25) is 9.59 Å². The van der Waals surface area contributed by atoms with Crippen molar-refractivity contribution < 1.29 is 9.59 Å². The van der Waals surface area contributed by atoms with Gasteiger partial charge in [-0.1, -0.05) is 12.1 Å². The van der Waals surface area contributed by atoms with E-state index in [-0.39, 0.29) is 11.6 Å². The molecule has 0 radical (unpaired) electrons. The van der Waals surface area contributed by atoms with E-state index < -0.39 is 11.3 Å². The zero-order valence-corrected chi connectivity index (χ0v) is 17.5. The van der Waals surface area contributed by atoms with E-state index in [1.165, 1.54) is 6.42 Å². The van der Waals surface area contributed by atoms with Gasteiger partial charge in [0.25, 0.3) is 5.91 Å². The number of piperidine rings is 1. The van der Waals surface area contributed by atoms with E-state index in [0.717, 1.165) is 55.8 Å². The monoisotopic (exact) mass is 408 g/mol. The van der Waals surface area contributed by atoms with Crippen molar-refractivity contribution >= 4 is 29.1 Å². The second-order valence-electron chi connectivity index (χ2n) is 8.32. The number of hydrogen-bond acceptors (Lipinski definition) is 6. The van der Waals surface area contributed by atoms with Gasteiger partial charge in [0.1, 0.15) is 5.82 Å². The quantitative estimate of drug-likeness (QED) is 0.761. The highest BCUT2D eigenvalue weighted by molar-refractivity contribution is 5.96. The highest BCUT2D eigenvalue weighted by Gasteiger charge is 2.51. The molecule has 2 aromatic rings. The van der Waals surface area contributed by atoms with Crippen molar-refractivity contribution in [3.8, 4) is 0 Å². The van der Waals surface area contributed by atoms with Crippen LogP contribution in [-0.4, -0.2) is 53.9 Å². The molecule has 1 aliphatic heterocycles. The average molecular weight is 409 g/mol. The number of carbonyl (C=O) groups is 2. The van der Waals surface area contributed by atoms with E-state index in [1.807, 2.05) is 24.3 Å². The SMILES string of the molecule is CN(C)C(=O)C1(c2ccc(Nc3nc(N4CCCCC4)cnc3C(N)=O)cc2)CC1. The first-order valence-electron chi connectivity index (χ1n) is 10.4. The molecule has 8 heteroatoms. The molecule has 8 nitrogen and oxygen atoms in total. The number of likely N-dealkylation sites (N-methyl/N-ethyl adjacent to an activating group) is 1. The van der Waals surface area contributed by atoms with Crippen LogP contribution in [0.4, 0.5) is 17.3 Å². The fraction of sp³-hybridized carbons (Fsp3) is 0.455. The Labute approximate surface area is 176 Å². The molecule has 0 bridgehead atoms. The van der Waals surface area contributed by atoms with Crippen molar-refractivity contribution in [2.45, 2.75) is 37.5 Å². The number of primary amides is 1. The number of nitrogens with two attached hydrogens (primary N) is 1. The molecule has 1 aliphatic carbocycles. The highest BCUT2D eigenvalue weighted by Crippen LogP contribution is 2.49. The normalized spacial score (nSPS) is 17.3. The molecule has 3 N–H and O–H groups in total. The lowest BCUT2D eigenvalue weighted by Gasteiger charge is -2.27. The van der Waals surface area contributed by atoms with Gasteiger partial charge in [0.15, 0.2) is 11.5 Å². The van der Waals surface area contributed by atoms with Gasteiger partial charge >= 0.3 is 0 Å². The molecule has 2 heterocycles. The number of nitrogens with zero attached hydrogens (tertiary/aromatic N) is 4. The van der Waals surface area contributed by atoms with E-state index >= 15 is 0 Å². The van der Waals surface area contributed by atoms with E-state index in [2.05, 4.69) is 20.2 Å². The van der Waals surface area contributed by atoms with E-state index in [9.17, 15) is 9.59 Å². The molecule has 1 aromatic heterocycles. The molecular formula is C22H28N6O2. The maximum atomic E-state index is 12.5. The Hall–Kier alpha value is -3.16. The third kappa shape index (κ3) is 3.81. The van der Waals surface area contributed by atoms with Gasteiger partial charge in [-0.05, 0) is 49.8 Å². The molecule has 2 amide bonds. The Bertz CT molecular complexity index is 947. The number of carbonyl (C=O) groups excluding carboxylic acids is 2. The molecule has 1 saturated heterocycles. The van der Waals surface area contributed by atoms with Gasteiger partial charge in [0, 0.05) is 32.9 Å². The third-order valence-electron chi connectivity index (χ3n) is 5.94. The van der Waals surface area contributed by atoms with E-state index in [0.29, 0.717) is 5.82 Å².